The highest BCUT2D eigenvalue weighted by molar-refractivity contribution is 5.96. The van der Waals surface area contributed by atoms with Crippen molar-refractivity contribution in [1.82, 2.24) is 0 Å². The number of furan rings is 1. The second-order valence-corrected chi connectivity index (χ2v) is 6.11. The van der Waals surface area contributed by atoms with Crippen LogP contribution in [0.15, 0.2) is 59.0 Å². The lowest BCUT2D eigenvalue weighted by atomic mass is 9.97. The maximum absolute atomic E-state index is 12.6. The van der Waals surface area contributed by atoms with Crippen molar-refractivity contribution < 1.29 is 23.5 Å². The van der Waals surface area contributed by atoms with Crippen LogP contribution in [-0.4, -0.2) is 18.5 Å². The average Bonchev–Trinajstić information content (AvgIpc) is 3.07. The number of hydrogen-bond acceptors (Lipinski definition) is 5. The number of benzene rings is 2. The molecule has 140 valence electrons. The van der Waals surface area contributed by atoms with Gasteiger partial charge in [-0.25, -0.2) is 4.79 Å². The van der Waals surface area contributed by atoms with E-state index in [0.717, 1.165) is 10.9 Å². The minimum atomic E-state index is -0.560. The van der Waals surface area contributed by atoms with Gasteiger partial charge in [0.15, 0.2) is 0 Å². The zero-order valence-corrected chi connectivity index (χ0v) is 15.4. The Morgan fingerprint density at radius 1 is 0.963 bits per heavy atom. The molecular weight excluding hydrogens is 344 g/mol. The first-order valence-electron chi connectivity index (χ1n) is 9.04. The Hall–Kier alpha value is -3.08. The molecule has 0 saturated carbocycles. The number of carbonyl (C=O) groups excluding carboxylic acids is 2. The Balaban J connectivity index is 1.84. The van der Waals surface area contributed by atoms with E-state index >= 15 is 0 Å². The van der Waals surface area contributed by atoms with Crippen LogP contribution in [0.3, 0.4) is 0 Å². The van der Waals surface area contributed by atoms with Crippen LogP contribution in [-0.2, 0) is 20.9 Å². The number of fused-ring (bicyclic) bond motifs is 1. The monoisotopic (exact) mass is 366 g/mol. The fraction of sp³-hybridized carbons (Fsp3) is 0.273. The van der Waals surface area contributed by atoms with Gasteiger partial charge in [-0.2, -0.15) is 0 Å². The highest BCUT2D eigenvalue weighted by atomic mass is 16.5. The quantitative estimate of drug-likeness (QED) is 0.560. The van der Waals surface area contributed by atoms with E-state index in [1.165, 1.54) is 0 Å². The fourth-order valence-corrected chi connectivity index (χ4v) is 3.07. The van der Waals surface area contributed by atoms with E-state index in [2.05, 4.69) is 0 Å². The Kier molecular flexibility index (Phi) is 5.91. The van der Waals surface area contributed by atoms with Gasteiger partial charge < -0.3 is 13.9 Å². The van der Waals surface area contributed by atoms with E-state index < -0.39 is 5.97 Å². The molecule has 5 heteroatoms. The SMILES string of the molecule is CCOC(=O)c1oc2ccccc2c1COC(=O)C(CC)c1ccccc1. The predicted molar refractivity (Wildman–Crippen MR) is 101 cm³/mol. The molecule has 0 bridgehead atoms. The molecule has 0 N–H and O–H groups in total. The summed E-state index contributed by atoms with van der Waals surface area (Å²) in [5.74, 6) is -1.16. The van der Waals surface area contributed by atoms with E-state index in [0.29, 0.717) is 17.6 Å². The maximum Gasteiger partial charge on any atom is 0.374 e. The van der Waals surface area contributed by atoms with Gasteiger partial charge in [0.1, 0.15) is 12.2 Å². The summed E-state index contributed by atoms with van der Waals surface area (Å²) in [6, 6.07) is 16.8. The summed E-state index contributed by atoms with van der Waals surface area (Å²) in [6.07, 6.45) is 0.625. The summed E-state index contributed by atoms with van der Waals surface area (Å²) < 4.78 is 16.3. The molecule has 27 heavy (non-hydrogen) atoms. The molecule has 0 spiro atoms. The molecule has 0 saturated heterocycles. The van der Waals surface area contributed by atoms with Crippen LogP contribution in [0.4, 0.5) is 0 Å². The fourth-order valence-electron chi connectivity index (χ4n) is 3.07. The molecule has 0 amide bonds. The minimum Gasteiger partial charge on any atom is -0.460 e. The summed E-state index contributed by atoms with van der Waals surface area (Å²) in [6.45, 7) is 3.86. The molecule has 0 radical (unpaired) electrons. The van der Waals surface area contributed by atoms with Crippen LogP contribution >= 0.6 is 0 Å². The molecule has 3 aromatic rings. The predicted octanol–water partition coefficient (Wildman–Crippen LogP) is 4.85. The standard InChI is InChI=1S/C22H22O5/c1-3-16(15-10-6-5-7-11-15)21(23)26-14-18-17-12-8-9-13-19(17)27-20(18)22(24)25-4-2/h5-13,16H,3-4,14H2,1-2H3. The Labute approximate surface area is 157 Å². The maximum atomic E-state index is 12.6. The molecule has 2 aromatic carbocycles. The van der Waals surface area contributed by atoms with Crippen LogP contribution in [0.5, 0.6) is 0 Å². The first kappa shape index (κ1) is 18.7. The van der Waals surface area contributed by atoms with Crippen molar-refractivity contribution in [2.45, 2.75) is 32.8 Å². The van der Waals surface area contributed by atoms with Gasteiger partial charge >= 0.3 is 11.9 Å². The van der Waals surface area contributed by atoms with Gasteiger partial charge in [0.05, 0.1) is 18.1 Å². The van der Waals surface area contributed by atoms with Crippen LogP contribution in [0.2, 0.25) is 0 Å². The lowest BCUT2D eigenvalue weighted by Gasteiger charge is -2.14. The van der Waals surface area contributed by atoms with E-state index in [9.17, 15) is 9.59 Å². The van der Waals surface area contributed by atoms with Gasteiger partial charge in [-0.3, -0.25) is 4.79 Å². The third-order valence-electron chi connectivity index (χ3n) is 4.41. The Bertz CT molecular complexity index is 926. The second kappa shape index (κ2) is 8.54. The summed E-state index contributed by atoms with van der Waals surface area (Å²) in [5.41, 5.74) is 2.00. The minimum absolute atomic E-state index is 0.0483. The molecular formula is C22H22O5. The van der Waals surface area contributed by atoms with Gasteiger partial charge in [0, 0.05) is 5.39 Å². The summed E-state index contributed by atoms with van der Waals surface area (Å²) in [4.78, 5) is 24.9. The average molecular weight is 366 g/mol. The summed E-state index contributed by atoms with van der Waals surface area (Å²) >= 11 is 0. The number of para-hydroxylation sites is 1. The van der Waals surface area contributed by atoms with Crippen molar-refractivity contribution in [2.75, 3.05) is 6.61 Å². The molecule has 1 heterocycles. The van der Waals surface area contributed by atoms with Gasteiger partial charge in [-0.05, 0) is 25.0 Å². The molecule has 1 aromatic heterocycles. The van der Waals surface area contributed by atoms with E-state index in [1.807, 2.05) is 55.5 Å². The second-order valence-electron chi connectivity index (χ2n) is 6.11. The van der Waals surface area contributed by atoms with Crippen molar-refractivity contribution in [3.63, 3.8) is 0 Å². The highest BCUT2D eigenvalue weighted by Gasteiger charge is 2.25. The van der Waals surface area contributed by atoms with Crippen LogP contribution in [0, 0.1) is 0 Å². The first-order valence-corrected chi connectivity index (χ1v) is 9.04. The van der Waals surface area contributed by atoms with Crippen molar-refractivity contribution in [1.29, 1.82) is 0 Å². The third-order valence-corrected chi connectivity index (χ3v) is 4.41. The molecule has 0 fully saturated rings. The first-order chi connectivity index (χ1) is 13.2. The Morgan fingerprint density at radius 2 is 1.67 bits per heavy atom. The van der Waals surface area contributed by atoms with Crippen molar-refractivity contribution in [2.24, 2.45) is 0 Å². The number of rotatable bonds is 7. The zero-order valence-electron chi connectivity index (χ0n) is 15.4. The molecule has 0 aliphatic carbocycles. The normalized spacial score (nSPS) is 11.9. The number of esters is 2. The van der Waals surface area contributed by atoms with Gasteiger partial charge in [-0.15, -0.1) is 0 Å². The largest absolute Gasteiger partial charge is 0.460 e. The topological polar surface area (TPSA) is 65.7 Å². The van der Waals surface area contributed by atoms with Gasteiger partial charge in [0.2, 0.25) is 5.76 Å². The lowest BCUT2D eigenvalue weighted by molar-refractivity contribution is -0.146. The molecule has 1 atom stereocenters. The summed E-state index contributed by atoms with van der Waals surface area (Å²) in [5, 5.41) is 0.737. The zero-order chi connectivity index (χ0) is 19.2. The van der Waals surface area contributed by atoms with Crippen LogP contribution in [0.25, 0.3) is 11.0 Å². The summed E-state index contributed by atoms with van der Waals surface area (Å²) in [7, 11) is 0. The number of carbonyl (C=O) groups is 2. The molecule has 3 rings (SSSR count). The molecule has 0 aliphatic rings. The van der Waals surface area contributed by atoms with E-state index in [1.54, 1.807) is 13.0 Å². The molecule has 0 aliphatic heterocycles. The van der Waals surface area contributed by atoms with Crippen LogP contribution < -0.4 is 0 Å². The van der Waals surface area contributed by atoms with Crippen molar-refractivity contribution >= 4 is 22.9 Å². The van der Waals surface area contributed by atoms with E-state index in [-0.39, 0.29) is 30.9 Å². The van der Waals surface area contributed by atoms with Crippen molar-refractivity contribution in [3.05, 3.63) is 71.5 Å². The van der Waals surface area contributed by atoms with Crippen molar-refractivity contribution in [3.8, 4) is 0 Å². The smallest absolute Gasteiger partial charge is 0.374 e. The molecule has 5 nitrogen and oxygen atoms in total. The van der Waals surface area contributed by atoms with Gasteiger partial charge in [0.25, 0.3) is 0 Å². The van der Waals surface area contributed by atoms with Crippen LogP contribution in [0.1, 0.15) is 47.9 Å². The van der Waals surface area contributed by atoms with E-state index in [4.69, 9.17) is 13.9 Å². The number of ether oxygens (including phenoxy) is 2. The third kappa shape index (κ3) is 4.03. The Morgan fingerprint density at radius 3 is 2.37 bits per heavy atom. The lowest BCUT2D eigenvalue weighted by Crippen LogP contribution is -2.16. The highest BCUT2D eigenvalue weighted by Crippen LogP contribution is 2.28. The van der Waals surface area contributed by atoms with Gasteiger partial charge in [-0.1, -0.05) is 55.5 Å². The number of hydrogen-bond donors (Lipinski definition) is 0. The molecule has 1 unspecified atom stereocenters.